The second-order valence-corrected chi connectivity index (χ2v) is 5.19. The first-order valence-electron chi connectivity index (χ1n) is 7.56. The van der Waals surface area contributed by atoms with Crippen LogP contribution in [0.4, 0.5) is 5.95 Å². The van der Waals surface area contributed by atoms with Gasteiger partial charge in [0, 0.05) is 37.7 Å². The predicted octanol–water partition coefficient (Wildman–Crippen LogP) is 2.01. The fraction of sp³-hybridized carbons (Fsp3) is 0.438. The van der Waals surface area contributed by atoms with Crippen LogP contribution in [0.3, 0.4) is 0 Å². The van der Waals surface area contributed by atoms with Crippen LogP contribution in [0.15, 0.2) is 42.7 Å². The molecule has 5 nitrogen and oxygen atoms in total. The fourth-order valence-electron chi connectivity index (χ4n) is 2.56. The number of nitrogens with one attached hydrogen (secondary N) is 1. The zero-order valence-corrected chi connectivity index (χ0v) is 12.2. The van der Waals surface area contributed by atoms with E-state index < -0.39 is 0 Å². The van der Waals surface area contributed by atoms with Crippen molar-refractivity contribution in [1.82, 2.24) is 14.5 Å². The lowest BCUT2D eigenvalue weighted by atomic mass is 10.3. The van der Waals surface area contributed by atoms with Gasteiger partial charge >= 0.3 is 0 Å². The molecule has 0 atom stereocenters. The molecule has 5 heteroatoms. The highest BCUT2D eigenvalue weighted by Gasteiger charge is 2.09. The third-order valence-corrected chi connectivity index (χ3v) is 3.71. The smallest absolute Gasteiger partial charge is 0.207 e. The van der Waals surface area contributed by atoms with Crippen molar-refractivity contribution in [2.24, 2.45) is 0 Å². The summed E-state index contributed by atoms with van der Waals surface area (Å²) in [6.45, 7) is 5.89. The van der Waals surface area contributed by atoms with Crippen LogP contribution in [0.25, 0.3) is 5.69 Å². The van der Waals surface area contributed by atoms with Gasteiger partial charge in [0.2, 0.25) is 5.95 Å². The Labute approximate surface area is 125 Å². The van der Waals surface area contributed by atoms with E-state index in [1.807, 2.05) is 30.6 Å². The summed E-state index contributed by atoms with van der Waals surface area (Å²) in [6.07, 6.45) is 4.93. The number of hydrogen-bond donors (Lipinski definition) is 1. The Hall–Kier alpha value is -1.85. The molecule has 1 aliphatic heterocycles. The predicted molar refractivity (Wildman–Crippen MR) is 83.9 cm³/mol. The van der Waals surface area contributed by atoms with Crippen LogP contribution in [0.2, 0.25) is 0 Å². The van der Waals surface area contributed by atoms with Crippen LogP contribution in [-0.4, -0.2) is 53.8 Å². The number of imidazole rings is 1. The van der Waals surface area contributed by atoms with Crippen molar-refractivity contribution in [2.45, 2.75) is 6.42 Å². The summed E-state index contributed by atoms with van der Waals surface area (Å²) in [6, 6.07) is 10.3. The molecule has 0 bridgehead atoms. The molecule has 1 saturated heterocycles. The van der Waals surface area contributed by atoms with Gasteiger partial charge in [-0.3, -0.25) is 9.47 Å². The quantitative estimate of drug-likeness (QED) is 0.825. The standard InChI is InChI=1S/C16H22N4O/c1-2-5-15(6-3-1)20-10-8-18-16(20)17-7-4-9-19-11-13-21-14-12-19/h1-3,5-6,8,10H,4,7,9,11-14H2,(H,17,18). The lowest BCUT2D eigenvalue weighted by Crippen LogP contribution is -2.37. The highest BCUT2D eigenvalue weighted by Crippen LogP contribution is 2.13. The van der Waals surface area contributed by atoms with Crippen molar-refractivity contribution < 1.29 is 4.74 Å². The van der Waals surface area contributed by atoms with Gasteiger partial charge in [-0.05, 0) is 25.1 Å². The van der Waals surface area contributed by atoms with Gasteiger partial charge in [0.05, 0.1) is 13.2 Å². The molecule has 0 saturated carbocycles. The molecule has 0 spiro atoms. The first kappa shape index (κ1) is 14.1. The van der Waals surface area contributed by atoms with E-state index in [1.54, 1.807) is 0 Å². The van der Waals surface area contributed by atoms with Crippen molar-refractivity contribution in [2.75, 3.05) is 44.7 Å². The van der Waals surface area contributed by atoms with Crippen molar-refractivity contribution >= 4 is 5.95 Å². The highest BCUT2D eigenvalue weighted by atomic mass is 16.5. The molecule has 112 valence electrons. The highest BCUT2D eigenvalue weighted by molar-refractivity contribution is 5.41. The number of rotatable bonds is 6. The maximum absolute atomic E-state index is 5.36. The third kappa shape index (κ3) is 3.83. The lowest BCUT2D eigenvalue weighted by molar-refractivity contribution is 0.0378. The number of nitrogens with zero attached hydrogens (tertiary/aromatic N) is 3. The Kier molecular flexibility index (Phi) is 4.86. The first-order chi connectivity index (χ1) is 10.4. The maximum atomic E-state index is 5.36. The van der Waals surface area contributed by atoms with Crippen LogP contribution in [0.1, 0.15) is 6.42 Å². The Morgan fingerprint density at radius 2 is 1.95 bits per heavy atom. The van der Waals surface area contributed by atoms with E-state index in [0.29, 0.717) is 0 Å². The Morgan fingerprint density at radius 3 is 2.76 bits per heavy atom. The first-order valence-corrected chi connectivity index (χ1v) is 7.56. The number of para-hydroxylation sites is 1. The van der Waals surface area contributed by atoms with Crippen LogP contribution in [0.5, 0.6) is 0 Å². The molecule has 2 heterocycles. The molecule has 0 aliphatic carbocycles. The topological polar surface area (TPSA) is 42.3 Å². The van der Waals surface area contributed by atoms with E-state index in [2.05, 4.69) is 31.9 Å². The van der Waals surface area contributed by atoms with Crippen molar-refractivity contribution in [3.8, 4) is 5.69 Å². The largest absolute Gasteiger partial charge is 0.379 e. The molecule has 1 fully saturated rings. The van der Waals surface area contributed by atoms with Gasteiger partial charge in [-0.1, -0.05) is 18.2 Å². The number of ether oxygens (including phenoxy) is 1. The molecular weight excluding hydrogens is 264 g/mol. The molecule has 2 aromatic rings. The molecule has 3 rings (SSSR count). The Morgan fingerprint density at radius 1 is 1.14 bits per heavy atom. The van der Waals surface area contributed by atoms with Gasteiger partial charge in [0.25, 0.3) is 0 Å². The monoisotopic (exact) mass is 286 g/mol. The normalized spacial score (nSPS) is 16.0. The average molecular weight is 286 g/mol. The molecular formula is C16H22N4O. The lowest BCUT2D eigenvalue weighted by Gasteiger charge is -2.26. The van der Waals surface area contributed by atoms with E-state index in [0.717, 1.165) is 57.4 Å². The number of aromatic nitrogens is 2. The number of benzene rings is 1. The Bertz CT molecular complexity index is 534. The van der Waals surface area contributed by atoms with Crippen LogP contribution in [-0.2, 0) is 4.74 Å². The maximum Gasteiger partial charge on any atom is 0.207 e. The number of anilines is 1. The van der Waals surface area contributed by atoms with Crippen molar-refractivity contribution in [1.29, 1.82) is 0 Å². The summed E-state index contributed by atoms with van der Waals surface area (Å²) in [5.41, 5.74) is 1.13. The molecule has 1 aromatic heterocycles. The van der Waals surface area contributed by atoms with E-state index in [9.17, 15) is 0 Å². The summed E-state index contributed by atoms with van der Waals surface area (Å²) in [5, 5.41) is 3.43. The molecule has 1 aliphatic rings. The van der Waals surface area contributed by atoms with Crippen molar-refractivity contribution in [3.63, 3.8) is 0 Å². The summed E-state index contributed by atoms with van der Waals surface area (Å²) in [4.78, 5) is 6.85. The van der Waals surface area contributed by atoms with Gasteiger partial charge in [-0.25, -0.2) is 4.98 Å². The second kappa shape index (κ2) is 7.24. The molecule has 0 amide bonds. The van der Waals surface area contributed by atoms with Gasteiger partial charge in [0.1, 0.15) is 0 Å². The van der Waals surface area contributed by atoms with E-state index in [-0.39, 0.29) is 0 Å². The van der Waals surface area contributed by atoms with Crippen LogP contribution in [0, 0.1) is 0 Å². The van der Waals surface area contributed by atoms with E-state index in [1.165, 1.54) is 0 Å². The van der Waals surface area contributed by atoms with Crippen LogP contribution < -0.4 is 5.32 Å². The summed E-state index contributed by atoms with van der Waals surface area (Å²) >= 11 is 0. The zero-order valence-electron chi connectivity index (χ0n) is 12.2. The van der Waals surface area contributed by atoms with Gasteiger partial charge in [-0.2, -0.15) is 0 Å². The minimum Gasteiger partial charge on any atom is -0.379 e. The molecule has 0 unspecified atom stereocenters. The minimum atomic E-state index is 0.867. The SMILES string of the molecule is c1ccc(-n2ccnc2NCCCN2CCOCC2)cc1. The summed E-state index contributed by atoms with van der Waals surface area (Å²) in [7, 11) is 0. The second-order valence-electron chi connectivity index (χ2n) is 5.19. The molecule has 1 aromatic carbocycles. The van der Waals surface area contributed by atoms with E-state index in [4.69, 9.17) is 4.74 Å². The van der Waals surface area contributed by atoms with Gasteiger partial charge in [-0.15, -0.1) is 0 Å². The fourth-order valence-corrected chi connectivity index (χ4v) is 2.56. The molecule has 0 radical (unpaired) electrons. The number of hydrogen-bond acceptors (Lipinski definition) is 4. The van der Waals surface area contributed by atoms with E-state index >= 15 is 0 Å². The van der Waals surface area contributed by atoms with Crippen LogP contribution >= 0.6 is 0 Å². The minimum absolute atomic E-state index is 0.867. The molecule has 21 heavy (non-hydrogen) atoms. The third-order valence-electron chi connectivity index (χ3n) is 3.71. The van der Waals surface area contributed by atoms with Gasteiger partial charge < -0.3 is 10.1 Å². The average Bonchev–Trinajstić information content (AvgIpc) is 3.02. The van der Waals surface area contributed by atoms with Crippen molar-refractivity contribution in [3.05, 3.63) is 42.7 Å². The zero-order chi connectivity index (χ0) is 14.3. The summed E-state index contributed by atoms with van der Waals surface area (Å²) in [5.74, 6) is 0.906. The van der Waals surface area contributed by atoms with Gasteiger partial charge in [0.15, 0.2) is 0 Å². The summed E-state index contributed by atoms with van der Waals surface area (Å²) < 4.78 is 7.44. The molecule has 1 N–H and O–H groups in total. The number of morpholine rings is 1. The Balaban J connectivity index is 1.49.